The molecule has 1 aromatic carbocycles. The van der Waals surface area contributed by atoms with Crippen LogP contribution in [0.2, 0.25) is 0 Å². The number of H-pyrrole nitrogens is 1. The lowest BCUT2D eigenvalue weighted by Gasteiger charge is -2.15. The van der Waals surface area contributed by atoms with Crippen LogP contribution in [-0.4, -0.2) is 22.2 Å². The average molecular weight is 349 g/mol. The molecule has 0 radical (unpaired) electrons. The van der Waals surface area contributed by atoms with Gasteiger partial charge in [0, 0.05) is 11.8 Å². The summed E-state index contributed by atoms with van der Waals surface area (Å²) in [6.07, 6.45) is 7.73. The van der Waals surface area contributed by atoms with Gasteiger partial charge in [-0.25, -0.2) is 0 Å². The molecular weight excluding hydrogens is 330 g/mol. The highest BCUT2D eigenvalue weighted by Crippen LogP contribution is 2.22. The van der Waals surface area contributed by atoms with Crippen molar-refractivity contribution >= 4 is 12.2 Å². The van der Waals surface area contributed by atoms with Crippen LogP contribution in [0.25, 0.3) is 23.5 Å². The zero-order valence-corrected chi connectivity index (χ0v) is 14.5. The molecular formula is C20H19N3O3. The molecule has 2 aromatic heterocycles. The first-order chi connectivity index (χ1) is 12.7. The van der Waals surface area contributed by atoms with Crippen molar-refractivity contribution in [3.8, 4) is 17.1 Å². The predicted molar refractivity (Wildman–Crippen MR) is 98.9 cm³/mol. The number of methoxy groups -OCH3 is 1. The van der Waals surface area contributed by atoms with Crippen LogP contribution in [0.3, 0.4) is 0 Å². The van der Waals surface area contributed by atoms with E-state index in [-0.39, 0.29) is 5.56 Å². The van der Waals surface area contributed by atoms with E-state index in [9.17, 15) is 4.79 Å². The summed E-state index contributed by atoms with van der Waals surface area (Å²) in [5.41, 5.74) is 3.44. The number of rotatable bonds is 4. The number of fused-ring (bicyclic) bond motifs is 1. The van der Waals surface area contributed by atoms with Crippen LogP contribution >= 0.6 is 0 Å². The fourth-order valence-electron chi connectivity index (χ4n) is 3.17. The Morgan fingerprint density at radius 3 is 2.96 bits per heavy atom. The normalized spacial score (nSPS) is 13.7. The number of nitrogens with one attached hydrogen (secondary N) is 1. The Balaban J connectivity index is 1.60. The molecule has 6 heteroatoms. The summed E-state index contributed by atoms with van der Waals surface area (Å²) < 4.78 is 10.5. The fraction of sp³-hybridized carbons (Fsp3) is 0.250. The molecule has 0 spiro atoms. The van der Waals surface area contributed by atoms with Gasteiger partial charge in [0.15, 0.2) is 0 Å². The minimum absolute atomic E-state index is 0.172. The lowest BCUT2D eigenvalue weighted by Crippen LogP contribution is -2.17. The molecule has 0 unspecified atom stereocenters. The molecule has 4 rings (SSSR count). The van der Waals surface area contributed by atoms with Gasteiger partial charge in [0.2, 0.25) is 5.82 Å². The highest BCUT2D eigenvalue weighted by Gasteiger charge is 2.16. The third-order valence-corrected chi connectivity index (χ3v) is 4.53. The van der Waals surface area contributed by atoms with E-state index in [2.05, 4.69) is 15.1 Å². The first-order valence-corrected chi connectivity index (χ1v) is 8.64. The van der Waals surface area contributed by atoms with E-state index in [4.69, 9.17) is 9.26 Å². The summed E-state index contributed by atoms with van der Waals surface area (Å²) in [6, 6.07) is 9.54. The first-order valence-electron chi connectivity index (χ1n) is 8.64. The standard InChI is InChI=1S/C20H19N3O3/c1-25-15-7-4-5-13(11-15)9-10-18-22-19(23-26-18)16-12-14-6-2-3-8-17(14)21-20(16)24/h4-5,7,9-12H,2-3,6,8H2,1H3,(H,21,24)/b10-9+. The van der Waals surface area contributed by atoms with Crippen molar-refractivity contribution in [3.63, 3.8) is 0 Å². The third-order valence-electron chi connectivity index (χ3n) is 4.53. The topological polar surface area (TPSA) is 81.0 Å². The van der Waals surface area contributed by atoms with Crippen LogP contribution in [0, 0.1) is 0 Å². The number of aryl methyl sites for hydroxylation is 2. The second-order valence-electron chi connectivity index (χ2n) is 6.29. The third kappa shape index (κ3) is 3.31. The lowest BCUT2D eigenvalue weighted by atomic mass is 9.95. The SMILES string of the molecule is COc1cccc(/C=C/c2nc(-c3cc4c([nH]c3=O)CCCC4)no2)c1. The van der Waals surface area contributed by atoms with Gasteiger partial charge in [0.25, 0.3) is 11.4 Å². The van der Waals surface area contributed by atoms with E-state index in [0.29, 0.717) is 17.3 Å². The average Bonchev–Trinajstić information content (AvgIpc) is 3.15. The molecule has 3 aromatic rings. The maximum atomic E-state index is 12.3. The predicted octanol–water partition coefficient (Wildman–Crippen LogP) is 3.48. The van der Waals surface area contributed by atoms with Crippen molar-refractivity contribution in [2.45, 2.75) is 25.7 Å². The van der Waals surface area contributed by atoms with Crippen LogP contribution in [0.1, 0.15) is 35.6 Å². The van der Waals surface area contributed by atoms with E-state index in [1.54, 1.807) is 13.2 Å². The molecule has 0 aliphatic heterocycles. The maximum Gasteiger partial charge on any atom is 0.259 e. The van der Waals surface area contributed by atoms with Crippen LogP contribution < -0.4 is 10.3 Å². The van der Waals surface area contributed by atoms with Gasteiger partial charge in [0.1, 0.15) is 5.75 Å². The zero-order valence-electron chi connectivity index (χ0n) is 14.5. The number of ether oxygens (including phenoxy) is 1. The van der Waals surface area contributed by atoms with Gasteiger partial charge in [-0.3, -0.25) is 4.79 Å². The van der Waals surface area contributed by atoms with Crippen LogP contribution in [-0.2, 0) is 12.8 Å². The van der Waals surface area contributed by atoms with E-state index >= 15 is 0 Å². The Bertz CT molecular complexity index is 1020. The summed E-state index contributed by atoms with van der Waals surface area (Å²) in [7, 11) is 1.63. The van der Waals surface area contributed by atoms with Crippen LogP contribution in [0.15, 0.2) is 39.6 Å². The number of benzene rings is 1. The van der Waals surface area contributed by atoms with Crippen molar-refractivity contribution < 1.29 is 9.26 Å². The fourth-order valence-corrected chi connectivity index (χ4v) is 3.17. The van der Waals surface area contributed by atoms with Crippen molar-refractivity contribution in [3.05, 3.63) is 63.4 Å². The summed E-state index contributed by atoms with van der Waals surface area (Å²) in [5.74, 6) is 1.43. The van der Waals surface area contributed by atoms with Crippen molar-refractivity contribution in [1.82, 2.24) is 15.1 Å². The minimum Gasteiger partial charge on any atom is -0.497 e. The van der Waals surface area contributed by atoms with Gasteiger partial charge in [0.05, 0.1) is 12.7 Å². The molecule has 1 aliphatic rings. The molecule has 0 bridgehead atoms. The number of nitrogens with zero attached hydrogens (tertiary/aromatic N) is 2. The smallest absolute Gasteiger partial charge is 0.259 e. The molecule has 0 saturated heterocycles. The first kappa shape index (κ1) is 16.3. The van der Waals surface area contributed by atoms with Gasteiger partial charge in [-0.1, -0.05) is 17.3 Å². The Hall–Kier alpha value is -3.15. The number of pyridine rings is 1. The maximum absolute atomic E-state index is 12.3. The van der Waals surface area contributed by atoms with E-state index in [1.807, 2.05) is 36.4 Å². The summed E-state index contributed by atoms with van der Waals surface area (Å²) in [5, 5.41) is 3.96. The van der Waals surface area contributed by atoms with E-state index < -0.39 is 0 Å². The molecule has 132 valence electrons. The monoisotopic (exact) mass is 349 g/mol. The number of hydrogen-bond acceptors (Lipinski definition) is 5. The molecule has 1 N–H and O–H groups in total. The molecule has 0 saturated carbocycles. The Morgan fingerprint density at radius 1 is 1.19 bits per heavy atom. The van der Waals surface area contributed by atoms with Crippen LogP contribution in [0.5, 0.6) is 5.75 Å². The summed E-state index contributed by atoms with van der Waals surface area (Å²) in [6.45, 7) is 0. The quantitative estimate of drug-likeness (QED) is 0.780. The second kappa shape index (κ2) is 7.00. The van der Waals surface area contributed by atoms with E-state index in [1.165, 1.54) is 5.56 Å². The molecule has 1 aliphatic carbocycles. The molecule has 26 heavy (non-hydrogen) atoms. The molecule has 2 heterocycles. The molecule has 0 fully saturated rings. The molecule has 0 atom stereocenters. The molecule has 0 amide bonds. The number of aromatic nitrogens is 3. The Kier molecular flexibility index (Phi) is 4.39. The number of hydrogen-bond donors (Lipinski definition) is 1. The van der Waals surface area contributed by atoms with Gasteiger partial charge in [-0.2, -0.15) is 4.98 Å². The highest BCUT2D eigenvalue weighted by molar-refractivity contribution is 5.67. The Morgan fingerprint density at radius 2 is 2.08 bits per heavy atom. The minimum atomic E-state index is -0.172. The lowest BCUT2D eigenvalue weighted by molar-refractivity contribution is 0.411. The van der Waals surface area contributed by atoms with Gasteiger partial charge < -0.3 is 14.2 Å². The summed E-state index contributed by atoms with van der Waals surface area (Å²) >= 11 is 0. The Labute approximate surface area is 150 Å². The van der Waals surface area contributed by atoms with Gasteiger partial charge in [-0.15, -0.1) is 0 Å². The largest absolute Gasteiger partial charge is 0.497 e. The van der Waals surface area contributed by atoms with Gasteiger partial charge in [-0.05, 0) is 61.1 Å². The summed E-state index contributed by atoms with van der Waals surface area (Å²) in [4.78, 5) is 19.6. The highest BCUT2D eigenvalue weighted by atomic mass is 16.5. The second-order valence-corrected chi connectivity index (χ2v) is 6.29. The van der Waals surface area contributed by atoms with E-state index in [0.717, 1.165) is 42.7 Å². The van der Waals surface area contributed by atoms with Gasteiger partial charge >= 0.3 is 0 Å². The zero-order chi connectivity index (χ0) is 17.9. The number of aromatic amines is 1. The van der Waals surface area contributed by atoms with Crippen molar-refractivity contribution in [2.75, 3.05) is 7.11 Å². The van der Waals surface area contributed by atoms with Crippen molar-refractivity contribution in [1.29, 1.82) is 0 Å². The molecule has 6 nitrogen and oxygen atoms in total. The van der Waals surface area contributed by atoms with Crippen molar-refractivity contribution in [2.24, 2.45) is 0 Å². The van der Waals surface area contributed by atoms with Crippen LogP contribution in [0.4, 0.5) is 0 Å².